The number of hydrogen-bond donors (Lipinski definition) is 2. The lowest BCUT2D eigenvalue weighted by Gasteiger charge is -2.18. The minimum absolute atomic E-state index is 0.0409. The van der Waals surface area contributed by atoms with Crippen LogP contribution in [0.15, 0.2) is 103 Å². The molecule has 168 valence electrons. The molecule has 0 saturated carbocycles. The Morgan fingerprint density at radius 2 is 1.74 bits per heavy atom. The van der Waals surface area contributed by atoms with Gasteiger partial charge in [0, 0.05) is 46.0 Å². The van der Waals surface area contributed by atoms with Crippen molar-refractivity contribution < 1.29 is 4.79 Å². The van der Waals surface area contributed by atoms with Crippen LogP contribution >= 0.6 is 11.6 Å². The van der Waals surface area contributed by atoms with Crippen molar-refractivity contribution in [2.24, 2.45) is 0 Å². The highest BCUT2D eigenvalue weighted by Gasteiger charge is 2.24. The van der Waals surface area contributed by atoms with E-state index < -0.39 is 6.04 Å². The Labute approximate surface area is 203 Å². The summed E-state index contributed by atoms with van der Waals surface area (Å²) in [6.45, 7) is 0.666. The Hall–Kier alpha value is -3.73. The van der Waals surface area contributed by atoms with Crippen LogP contribution in [-0.2, 0) is 6.42 Å². The van der Waals surface area contributed by atoms with E-state index in [0.29, 0.717) is 12.1 Å². The molecule has 0 amide bonds. The lowest BCUT2D eigenvalue weighted by atomic mass is 9.96. The van der Waals surface area contributed by atoms with E-state index in [-0.39, 0.29) is 5.78 Å². The van der Waals surface area contributed by atoms with Crippen LogP contribution in [0.5, 0.6) is 0 Å². The zero-order valence-electron chi connectivity index (χ0n) is 18.5. The minimum Gasteiger partial charge on any atom is -0.360 e. The van der Waals surface area contributed by atoms with E-state index >= 15 is 0 Å². The third-order valence-electron chi connectivity index (χ3n) is 5.98. The number of H-pyrrole nitrogens is 1. The van der Waals surface area contributed by atoms with Crippen molar-refractivity contribution >= 4 is 28.3 Å². The molecule has 5 heteroatoms. The Balaban J connectivity index is 1.40. The molecule has 2 aromatic heterocycles. The van der Waals surface area contributed by atoms with E-state index in [2.05, 4.69) is 15.3 Å². The standard InChI is InChI=1S/C29H24ClN3O/c30-23-12-9-20(10-13-23)15-17-32-28(21-6-2-1-3-7-21)29(34)25-19-33-27-18-22(11-14-24(25)27)26-8-4-5-16-31-26/h1-14,16,18-19,28,32-33H,15,17H2. The number of hydrogen-bond acceptors (Lipinski definition) is 3. The molecule has 0 aliphatic carbocycles. The fourth-order valence-electron chi connectivity index (χ4n) is 4.20. The van der Waals surface area contributed by atoms with Crippen LogP contribution in [0.4, 0.5) is 0 Å². The topological polar surface area (TPSA) is 57.8 Å². The third kappa shape index (κ3) is 4.79. The highest BCUT2D eigenvalue weighted by Crippen LogP contribution is 2.28. The molecule has 0 aliphatic heterocycles. The van der Waals surface area contributed by atoms with Crippen LogP contribution in [0.1, 0.15) is 27.5 Å². The number of ketones is 1. The molecular weight excluding hydrogens is 442 g/mol. The molecule has 5 rings (SSSR count). The number of rotatable bonds is 8. The van der Waals surface area contributed by atoms with Gasteiger partial charge in [-0.3, -0.25) is 9.78 Å². The van der Waals surface area contributed by atoms with Crippen molar-refractivity contribution in [1.29, 1.82) is 0 Å². The summed E-state index contributed by atoms with van der Waals surface area (Å²) in [5, 5.41) is 5.11. The molecule has 2 N–H and O–H groups in total. The van der Waals surface area contributed by atoms with Crippen molar-refractivity contribution in [3.63, 3.8) is 0 Å². The summed E-state index contributed by atoms with van der Waals surface area (Å²) in [5.41, 5.74) is 5.62. The van der Waals surface area contributed by atoms with E-state index in [1.165, 1.54) is 5.56 Å². The molecule has 0 saturated heterocycles. The van der Waals surface area contributed by atoms with Gasteiger partial charge in [-0.1, -0.05) is 72.3 Å². The van der Waals surface area contributed by atoms with Crippen LogP contribution in [0.2, 0.25) is 5.02 Å². The summed E-state index contributed by atoms with van der Waals surface area (Å²) >= 11 is 6.00. The smallest absolute Gasteiger partial charge is 0.186 e. The first kappa shape index (κ1) is 22.1. The SMILES string of the molecule is O=C(c1c[nH]c2cc(-c3ccccn3)ccc12)C(NCCc1ccc(Cl)cc1)c1ccccc1. The van der Waals surface area contributed by atoms with Crippen molar-refractivity contribution in [1.82, 2.24) is 15.3 Å². The average Bonchev–Trinajstić information content (AvgIpc) is 3.32. The van der Waals surface area contributed by atoms with Crippen LogP contribution in [0.3, 0.4) is 0 Å². The monoisotopic (exact) mass is 465 g/mol. The number of halogens is 1. The Morgan fingerprint density at radius 3 is 2.50 bits per heavy atom. The fraction of sp³-hybridized carbons (Fsp3) is 0.103. The molecule has 1 atom stereocenters. The fourth-order valence-corrected chi connectivity index (χ4v) is 4.32. The second kappa shape index (κ2) is 10.0. The van der Waals surface area contributed by atoms with Crippen LogP contribution in [0.25, 0.3) is 22.2 Å². The molecule has 0 fully saturated rings. The molecule has 0 radical (unpaired) electrons. The second-order valence-electron chi connectivity index (χ2n) is 8.22. The predicted octanol–water partition coefficient (Wildman–Crippen LogP) is 6.64. The normalized spacial score (nSPS) is 12.0. The number of aromatic amines is 1. The number of nitrogens with one attached hydrogen (secondary N) is 2. The summed E-state index contributed by atoms with van der Waals surface area (Å²) in [5.74, 6) is 0.0409. The minimum atomic E-state index is -0.442. The van der Waals surface area contributed by atoms with Gasteiger partial charge in [0.1, 0.15) is 0 Å². The van der Waals surface area contributed by atoms with Gasteiger partial charge in [-0.2, -0.15) is 0 Å². The van der Waals surface area contributed by atoms with Gasteiger partial charge >= 0.3 is 0 Å². The summed E-state index contributed by atoms with van der Waals surface area (Å²) in [7, 11) is 0. The van der Waals surface area contributed by atoms with E-state index in [9.17, 15) is 4.79 Å². The summed E-state index contributed by atoms with van der Waals surface area (Å²) in [4.78, 5) is 21.5. The zero-order valence-corrected chi connectivity index (χ0v) is 19.3. The van der Waals surface area contributed by atoms with Gasteiger partial charge in [0.05, 0.1) is 11.7 Å². The van der Waals surface area contributed by atoms with Gasteiger partial charge < -0.3 is 10.3 Å². The van der Waals surface area contributed by atoms with Gasteiger partial charge in [-0.25, -0.2) is 0 Å². The summed E-state index contributed by atoms with van der Waals surface area (Å²) in [6, 6.07) is 29.1. The number of nitrogens with zero attached hydrogens (tertiary/aromatic N) is 1. The molecule has 0 spiro atoms. The highest BCUT2D eigenvalue weighted by molar-refractivity contribution is 6.30. The van der Waals surface area contributed by atoms with Crippen molar-refractivity contribution in [3.05, 3.63) is 125 Å². The summed E-state index contributed by atoms with van der Waals surface area (Å²) < 4.78 is 0. The largest absolute Gasteiger partial charge is 0.360 e. The van der Waals surface area contributed by atoms with E-state index in [0.717, 1.165) is 39.2 Å². The number of Topliss-reactive ketones (excluding diaryl/α,β-unsaturated/α-hetero) is 1. The molecule has 34 heavy (non-hydrogen) atoms. The maximum Gasteiger partial charge on any atom is 0.186 e. The van der Waals surface area contributed by atoms with E-state index in [1.54, 1.807) is 6.20 Å². The highest BCUT2D eigenvalue weighted by atomic mass is 35.5. The van der Waals surface area contributed by atoms with Gasteiger partial charge in [0.15, 0.2) is 5.78 Å². The quantitative estimate of drug-likeness (QED) is 0.252. The third-order valence-corrected chi connectivity index (χ3v) is 6.23. The zero-order chi connectivity index (χ0) is 23.3. The maximum atomic E-state index is 13.8. The molecular formula is C29H24ClN3O. The number of pyridine rings is 1. The van der Waals surface area contributed by atoms with Gasteiger partial charge in [0.25, 0.3) is 0 Å². The average molecular weight is 466 g/mol. The first-order valence-electron chi connectivity index (χ1n) is 11.3. The predicted molar refractivity (Wildman–Crippen MR) is 138 cm³/mol. The lowest BCUT2D eigenvalue weighted by molar-refractivity contribution is 0.0945. The number of fused-ring (bicyclic) bond motifs is 1. The van der Waals surface area contributed by atoms with Gasteiger partial charge in [0.2, 0.25) is 0 Å². The Kier molecular flexibility index (Phi) is 6.52. The molecule has 1 unspecified atom stereocenters. The molecule has 5 aromatic rings. The molecule has 0 aliphatic rings. The van der Waals surface area contributed by atoms with Crippen LogP contribution in [-0.4, -0.2) is 22.3 Å². The Morgan fingerprint density at radius 1 is 0.941 bits per heavy atom. The lowest BCUT2D eigenvalue weighted by Crippen LogP contribution is -2.30. The first-order chi connectivity index (χ1) is 16.7. The summed E-state index contributed by atoms with van der Waals surface area (Å²) in [6.07, 6.45) is 4.39. The molecule has 2 heterocycles. The molecule has 3 aromatic carbocycles. The van der Waals surface area contributed by atoms with Gasteiger partial charge in [-0.15, -0.1) is 0 Å². The van der Waals surface area contributed by atoms with Crippen LogP contribution in [0, 0.1) is 0 Å². The van der Waals surface area contributed by atoms with Crippen molar-refractivity contribution in [2.75, 3.05) is 6.54 Å². The number of aromatic nitrogens is 2. The van der Waals surface area contributed by atoms with E-state index in [1.807, 2.05) is 97.2 Å². The first-order valence-corrected chi connectivity index (χ1v) is 11.7. The number of carbonyl (C=O) groups excluding carboxylic acids is 1. The van der Waals surface area contributed by atoms with Crippen LogP contribution < -0.4 is 5.32 Å². The number of carbonyl (C=O) groups is 1. The maximum absolute atomic E-state index is 13.8. The molecule has 0 bridgehead atoms. The molecule has 4 nitrogen and oxygen atoms in total. The van der Waals surface area contributed by atoms with Crippen molar-refractivity contribution in [2.45, 2.75) is 12.5 Å². The van der Waals surface area contributed by atoms with Crippen molar-refractivity contribution in [3.8, 4) is 11.3 Å². The van der Waals surface area contributed by atoms with Gasteiger partial charge in [-0.05, 0) is 47.9 Å². The second-order valence-corrected chi connectivity index (χ2v) is 8.65. The van der Waals surface area contributed by atoms with E-state index in [4.69, 9.17) is 11.6 Å². The number of benzene rings is 3. The Bertz CT molecular complexity index is 1400.